The molecular weight excluding hydrogens is 327 g/mol. The van der Waals surface area contributed by atoms with Gasteiger partial charge in [-0.25, -0.2) is 0 Å². The average Bonchev–Trinajstić information content (AvgIpc) is 2.30. The second-order valence-electron chi connectivity index (χ2n) is 4.78. The van der Waals surface area contributed by atoms with Gasteiger partial charge in [-0.2, -0.15) is 0 Å². The van der Waals surface area contributed by atoms with E-state index in [1.54, 1.807) is 0 Å². The molecule has 0 amide bonds. The van der Waals surface area contributed by atoms with Crippen molar-refractivity contribution in [3.63, 3.8) is 0 Å². The van der Waals surface area contributed by atoms with Gasteiger partial charge in [0.2, 0.25) is 0 Å². The molecule has 0 aliphatic carbocycles. The molecule has 3 nitrogen and oxygen atoms in total. The molecule has 17 heavy (non-hydrogen) atoms. The van der Waals surface area contributed by atoms with Crippen LogP contribution in [0.2, 0.25) is 0 Å². The van der Waals surface area contributed by atoms with Gasteiger partial charge in [0.15, 0.2) is 0 Å². The van der Waals surface area contributed by atoms with Crippen molar-refractivity contribution in [1.29, 1.82) is 0 Å². The monoisotopic (exact) mass is 356 g/mol. The fourth-order valence-electron chi connectivity index (χ4n) is 1.50. The highest BCUT2D eigenvalue weighted by Crippen LogP contribution is 1.99. The fourth-order valence-corrected chi connectivity index (χ4v) is 1.84. The Bertz CT molecular complexity index is 148. The van der Waals surface area contributed by atoms with Crippen molar-refractivity contribution in [2.75, 3.05) is 50.9 Å². The van der Waals surface area contributed by atoms with Crippen LogP contribution in [-0.4, -0.2) is 55.8 Å². The van der Waals surface area contributed by atoms with Gasteiger partial charge in [0.1, 0.15) is 0 Å². The lowest BCUT2D eigenvalue weighted by Crippen LogP contribution is -2.34. The second kappa shape index (κ2) is 13.1. The van der Waals surface area contributed by atoms with E-state index in [1.165, 1.54) is 23.8 Å². The standard InChI is InChI=1S/C13H29IN2O/c1-13(2)5-11-17-12-10-16(8-4-6-14)9-7-15-3/h13,15H,4-12H2,1-3H3. The van der Waals surface area contributed by atoms with E-state index < -0.39 is 0 Å². The number of nitrogens with zero attached hydrogens (tertiary/aromatic N) is 1. The fraction of sp³-hybridized carbons (Fsp3) is 1.00. The zero-order valence-corrected chi connectivity index (χ0v) is 13.8. The maximum atomic E-state index is 5.67. The Labute approximate surface area is 121 Å². The SMILES string of the molecule is CNCCN(CCCI)CCOCCC(C)C. The molecule has 0 fully saturated rings. The largest absolute Gasteiger partial charge is 0.380 e. The number of halogens is 1. The Morgan fingerprint density at radius 1 is 1.18 bits per heavy atom. The zero-order chi connectivity index (χ0) is 12.9. The van der Waals surface area contributed by atoms with E-state index in [-0.39, 0.29) is 0 Å². The molecule has 0 unspecified atom stereocenters. The summed E-state index contributed by atoms with van der Waals surface area (Å²) in [7, 11) is 2.01. The first-order valence-corrected chi connectivity index (χ1v) is 8.24. The molecule has 0 aromatic rings. The predicted octanol–water partition coefficient (Wildman–Crippen LogP) is 2.40. The Kier molecular flexibility index (Phi) is 13.5. The molecule has 0 aromatic carbocycles. The van der Waals surface area contributed by atoms with E-state index in [9.17, 15) is 0 Å². The lowest BCUT2D eigenvalue weighted by atomic mass is 10.1. The van der Waals surface area contributed by atoms with E-state index in [4.69, 9.17) is 4.74 Å². The van der Waals surface area contributed by atoms with E-state index >= 15 is 0 Å². The molecule has 0 aromatic heterocycles. The van der Waals surface area contributed by atoms with Crippen LogP contribution in [0.5, 0.6) is 0 Å². The van der Waals surface area contributed by atoms with Crippen molar-refractivity contribution in [3.05, 3.63) is 0 Å². The van der Waals surface area contributed by atoms with Crippen LogP contribution in [0, 0.1) is 5.92 Å². The molecule has 0 saturated carbocycles. The second-order valence-corrected chi connectivity index (χ2v) is 5.86. The summed E-state index contributed by atoms with van der Waals surface area (Å²) in [5.41, 5.74) is 0. The summed E-state index contributed by atoms with van der Waals surface area (Å²) >= 11 is 2.44. The van der Waals surface area contributed by atoms with Gasteiger partial charge < -0.3 is 10.1 Å². The summed E-state index contributed by atoms with van der Waals surface area (Å²) in [5, 5.41) is 3.21. The summed E-state index contributed by atoms with van der Waals surface area (Å²) in [6.45, 7) is 10.7. The Balaban J connectivity index is 3.52. The van der Waals surface area contributed by atoms with Gasteiger partial charge in [0.05, 0.1) is 6.61 Å². The predicted molar refractivity (Wildman–Crippen MR) is 84.1 cm³/mol. The Morgan fingerprint density at radius 2 is 1.94 bits per heavy atom. The number of rotatable bonds is 12. The number of alkyl halides is 1. The Morgan fingerprint density at radius 3 is 2.53 bits per heavy atom. The van der Waals surface area contributed by atoms with Gasteiger partial charge in [-0.1, -0.05) is 36.4 Å². The highest BCUT2D eigenvalue weighted by molar-refractivity contribution is 14.1. The zero-order valence-electron chi connectivity index (χ0n) is 11.7. The Hall–Kier alpha value is 0.610. The van der Waals surface area contributed by atoms with Crippen LogP contribution < -0.4 is 5.32 Å². The van der Waals surface area contributed by atoms with Crippen LogP contribution in [0.4, 0.5) is 0 Å². The van der Waals surface area contributed by atoms with Crippen LogP contribution >= 0.6 is 22.6 Å². The lowest BCUT2D eigenvalue weighted by molar-refractivity contribution is 0.0964. The van der Waals surface area contributed by atoms with Crippen molar-refractivity contribution < 1.29 is 4.74 Å². The van der Waals surface area contributed by atoms with Crippen LogP contribution in [0.1, 0.15) is 26.7 Å². The number of likely N-dealkylation sites (N-methyl/N-ethyl adjacent to an activating group) is 1. The lowest BCUT2D eigenvalue weighted by Gasteiger charge is -2.21. The maximum Gasteiger partial charge on any atom is 0.0593 e. The third-order valence-corrected chi connectivity index (χ3v) is 3.44. The van der Waals surface area contributed by atoms with Crippen molar-refractivity contribution in [1.82, 2.24) is 10.2 Å². The molecule has 0 atom stereocenters. The van der Waals surface area contributed by atoms with Gasteiger partial charge in [-0.3, -0.25) is 4.90 Å². The van der Waals surface area contributed by atoms with Crippen LogP contribution in [0.25, 0.3) is 0 Å². The maximum absolute atomic E-state index is 5.67. The van der Waals surface area contributed by atoms with Crippen LogP contribution in [-0.2, 0) is 4.74 Å². The van der Waals surface area contributed by atoms with Crippen molar-refractivity contribution in [3.8, 4) is 0 Å². The first-order chi connectivity index (χ1) is 8.20. The van der Waals surface area contributed by atoms with Crippen molar-refractivity contribution in [2.45, 2.75) is 26.7 Å². The molecule has 104 valence electrons. The van der Waals surface area contributed by atoms with E-state index in [0.29, 0.717) is 0 Å². The molecule has 0 aliphatic heterocycles. The molecule has 0 radical (unpaired) electrons. The van der Waals surface area contributed by atoms with Gasteiger partial charge in [-0.15, -0.1) is 0 Å². The third-order valence-electron chi connectivity index (χ3n) is 2.68. The van der Waals surface area contributed by atoms with Gasteiger partial charge in [0, 0.05) is 30.7 Å². The molecule has 0 bridgehead atoms. The van der Waals surface area contributed by atoms with E-state index in [1.807, 2.05) is 7.05 Å². The molecule has 0 heterocycles. The summed E-state index contributed by atoms with van der Waals surface area (Å²) in [6, 6.07) is 0. The van der Waals surface area contributed by atoms with Crippen LogP contribution in [0.15, 0.2) is 0 Å². The molecule has 0 rings (SSSR count). The topological polar surface area (TPSA) is 24.5 Å². The number of ether oxygens (including phenoxy) is 1. The average molecular weight is 356 g/mol. The van der Waals surface area contributed by atoms with Gasteiger partial charge in [0.25, 0.3) is 0 Å². The first-order valence-electron chi connectivity index (χ1n) is 6.71. The van der Waals surface area contributed by atoms with Crippen LogP contribution in [0.3, 0.4) is 0 Å². The molecule has 0 aliphatic rings. The highest BCUT2D eigenvalue weighted by atomic mass is 127. The molecule has 0 spiro atoms. The molecule has 1 N–H and O–H groups in total. The third kappa shape index (κ3) is 12.9. The minimum atomic E-state index is 0.745. The number of hydrogen-bond acceptors (Lipinski definition) is 3. The first kappa shape index (κ1) is 17.6. The van der Waals surface area contributed by atoms with Crippen molar-refractivity contribution >= 4 is 22.6 Å². The highest BCUT2D eigenvalue weighted by Gasteiger charge is 2.03. The van der Waals surface area contributed by atoms with Gasteiger partial charge in [-0.05, 0) is 32.4 Å². The summed E-state index contributed by atoms with van der Waals surface area (Å²) in [6.07, 6.45) is 2.44. The smallest absolute Gasteiger partial charge is 0.0593 e. The molecule has 4 heteroatoms. The normalized spacial score (nSPS) is 11.6. The van der Waals surface area contributed by atoms with E-state index in [2.05, 4.69) is 46.7 Å². The number of nitrogens with one attached hydrogen (secondary N) is 1. The molecule has 0 saturated heterocycles. The molecular formula is C13H29IN2O. The minimum Gasteiger partial charge on any atom is -0.380 e. The summed E-state index contributed by atoms with van der Waals surface area (Å²) < 4.78 is 6.91. The van der Waals surface area contributed by atoms with Gasteiger partial charge >= 0.3 is 0 Å². The summed E-state index contributed by atoms with van der Waals surface area (Å²) in [4.78, 5) is 2.49. The number of hydrogen-bond donors (Lipinski definition) is 1. The summed E-state index contributed by atoms with van der Waals surface area (Å²) in [5.74, 6) is 0.745. The minimum absolute atomic E-state index is 0.745. The van der Waals surface area contributed by atoms with Crippen molar-refractivity contribution in [2.24, 2.45) is 5.92 Å². The quantitative estimate of drug-likeness (QED) is 0.330. The van der Waals surface area contributed by atoms with E-state index in [0.717, 1.165) is 38.8 Å².